The highest BCUT2D eigenvalue weighted by Gasteiger charge is 2.33. The Labute approximate surface area is 247 Å². The minimum atomic E-state index is -1.98. The minimum Gasteiger partial charge on any atom is -0.491 e. The zero-order valence-electron chi connectivity index (χ0n) is 24.0. The smallest absolute Gasteiger partial charge is 0.204 e. The Kier molecular flexibility index (Phi) is 11.2. The summed E-state index contributed by atoms with van der Waals surface area (Å²) in [5, 5.41) is 0. The molecule has 3 unspecified atom stereocenters. The van der Waals surface area contributed by atoms with Gasteiger partial charge in [-0.25, -0.2) is 17.6 Å². The molecular weight excluding hydrogens is 577 g/mol. The maximum Gasteiger partial charge on any atom is 0.204 e. The molecule has 234 valence electrons. The molecule has 1 fully saturated rings. The molecule has 0 amide bonds. The Hall–Kier alpha value is -3.43. The van der Waals surface area contributed by atoms with E-state index in [0.717, 1.165) is 25.0 Å². The highest BCUT2D eigenvalue weighted by Crippen LogP contribution is 2.35. The lowest BCUT2D eigenvalue weighted by molar-refractivity contribution is 0.0498. The third kappa shape index (κ3) is 7.95. The van der Waals surface area contributed by atoms with E-state index >= 15 is 0 Å². The molecule has 0 radical (unpaired) electrons. The summed E-state index contributed by atoms with van der Waals surface area (Å²) in [6.07, 6.45) is -2.69. The Morgan fingerprint density at radius 2 is 1.26 bits per heavy atom. The van der Waals surface area contributed by atoms with Crippen molar-refractivity contribution in [3.8, 4) is 28.4 Å². The lowest BCUT2D eigenvalue weighted by Crippen LogP contribution is -2.33. The lowest BCUT2D eigenvalue weighted by Gasteiger charge is -2.30. The fraction of sp³-hybridized carbons (Fsp3) is 0.455. The van der Waals surface area contributed by atoms with Gasteiger partial charge in [0.25, 0.3) is 0 Å². The predicted octanol–water partition coefficient (Wildman–Crippen LogP) is 9.67. The van der Waals surface area contributed by atoms with Crippen LogP contribution >= 0.6 is 0 Å². The second kappa shape index (κ2) is 14.8. The first-order valence-corrected chi connectivity index (χ1v) is 14.5. The Morgan fingerprint density at radius 3 is 1.88 bits per heavy atom. The summed E-state index contributed by atoms with van der Waals surface area (Å²) < 4.78 is 117. The van der Waals surface area contributed by atoms with Crippen LogP contribution in [0.2, 0.25) is 0 Å². The monoisotopic (exact) mass is 612 g/mol. The first kappa shape index (κ1) is 32.5. The molecule has 0 aliphatic heterocycles. The summed E-state index contributed by atoms with van der Waals surface area (Å²) in [6.45, 7) is 2.82. The highest BCUT2D eigenvalue weighted by molar-refractivity contribution is 5.65. The summed E-state index contributed by atoms with van der Waals surface area (Å²) in [4.78, 5) is 0. The van der Waals surface area contributed by atoms with Crippen LogP contribution in [-0.4, -0.2) is 32.2 Å². The van der Waals surface area contributed by atoms with Crippen molar-refractivity contribution in [2.24, 2.45) is 11.8 Å². The molecule has 0 N–H and O–H groups in total. The van der Waals surface area contributed by atoms with Crippen LogP contribution in [0, 0.1) is 35.1 Å². The van der Waals surface area contributed by atoms with Crippen molar-refractivity contribution < 1.29 is 44.9 Å². The largest absolute Gasteiger partial charge is 0.491 e. The maximum atomic E-state index is 14.8. The molecule has 1 saturated carbocycles. The van der Waals surface area contributed by atoms with Crippen LogP contribution in [0.15, 0.2) is 48.5 Å². The SMILES string of the molecule is CCOc1ccc(-c2ccc(C(F)CCOc3ccc(OCC(F)C(F)C4CCC(C)CC4)c(F)c3F)cc2)c(F)c1F. The van der Waals surface area contributed by atoms with Gasteiger partial charge in [0.2, 0.25) is 17.5 Å². The third-order valence-corrected chi connectivity index (χ3v) is 7.82. The van der Waals surface area contributed by atoms with E-state index < -0.39 is 65.8 Å². The summed E-state index contributed by atoms with van der Waals surface area (Å²) in [5.41, 5.74) is 0.544. The molecule has 3 aromatic carbocycles. The second-order valence-corrected chi connectivity index (χ2v) is 10.9. The third-order valence-electron chi connectivity index (χ3n) is 7.82. The van der Waals surface area contributed by atoms with Crippen LogP contribution < -0.4 is 14.2 Å². The number of halogens is 7. The van der Waals surface area contributed by atoms with Crippen LogP contribution in [0.25, 0.3) is 11.1 Å². The molecule has 0 aromatic heterocycles. The van der Waals surface area contributed by atoms with Crippen LogP contribution in [0.3, 0.4) is 0 Å². The molecule has 0 spiro atoms. The first-order chi connectivity index (χ1) is 20.6. The van der Waals surface area contributed by atoms with Gasteiger partial charge in [-0.3, -0.25) is 0 Å². The van der Waals surface area contributed by atoms with Crippen molar-refractivity contribution in [3.63, 3.8) is 0 Å². The van der Waals surface area contributed by atoms with Crippen LogP contribution in [-0.2, 0) is 0 Å². The van der Waals surface area contributed by atoms with Gasteiger partial charge in [-0.05, 0) is 67.0 Å². The van der Waals surface area contributed by atoms with Crippen molar-refractivity contribution in [1.82, 2.24) is 0 Å². The maximum absolute atomic E-state index is 14.8. The van der Waals surface area contributed by atoms with Crippen LogP contribution in [0.4, 0.5) is 30.7 Å². The second-order valence-electron chi connectivity index (χ2n) is 10.9. The number of ether oxygens (including phenoxy) is 3. The van der Waals surface area contributed by atoms with E-state index in [1.165, 1.54) is 36.4 Å². The van der Waals surface area contributed by atoms with Gasteiger partial charge < -0.3 is 14.2 Å². The van der Waals surface area contributed by atoms with Gasteiger partial charge in [0, 0.05) is 12.0 Å². The normalized spacial score (nSPS) is 19.0. The fourth-order valence-corrected chi connectivity index (χ4v) is 5.23. The number of hydrogen-bond acceptors (Lipinski definition) is 3. The topological polar surface area (TPSA) is 27.7 Å². The summed E-state index contributed by atoms with van der Waals surface area (Å²) in [5.74, 6) is -6.22. The van der Waals surface area contributed by atoms with E-state index in [1.807, 2.05) is 0 Å². The summed E-state index contributed by atoms with van der Waals surface area (Å²) >= 11 is 0. The molecule has 1 aliphatic carbocycles. The number of benzene rings is 3. The van der Waals surface area contributed by atoms with E-state index in [0.29, 0.717) is 24.3 Å². The predicted molar refractivity (Wildman–Crippen MR) is 150 cm³/mol. The van der Waals surface area contributed by atoms with Crippen molar-refractivity contribution in [1.29, 1.82) is 0 Å². The Bertz CT molecular complexity index is 1340. The Balaban J connectivity index is 1.28. The van der Waals surface area contributed by atoms with Gasteiger partial charge in [-0.1, -0.05) is 44.0 Å². The molecule has 3 nitrogen and oxygen atoms in total. The van der Waals surface area contributed by atoms with Gasteiger partial charge >= 0.3 is 0 Å². The van der Waals surface area contributed by atoms with E-state index in [-0.39, 0.29) is 36.5 Å². The van der Waals surface area contributed by atoms with Crippen molar-refractivity contribution in [2.75, 3.05) is 19.8 Å². The van der Waals surface area contributed by atoms with Gasteiger partial charge in [-0.2, -0.15) is 13.2 Å². The molecular formula is C33H35F7O3. The zero-order valence-corrected chi connectivity index (χ0v) is 24.0. The van der Waals surface area contributed by atoms with E-state index in [9.17, 15) is 30.7 Å². The molecule has 10 heteroatoms. The fourth-order valence-electron chi connectivity index (χ4n) is 5.23. The number of alkyl halides is 3. The van der Waals surface area contributed by atoms with Crippen molar-refractivity contribution in [3.05, 3.63) is 77.4 Å². The molecule has 0 saturated heterocycles. The highest BCUT2D eigenvalue weighted by atomic mass is 19.2. The van der Waals surface area contributed by atoms with E-state index in [4.69, 9.17) is 14.2 Å². The molecule has 0 bridgehead atoms. The minimum absolute atomic E-state index is 0.0124. The number of hydrogen-bond donors (Lipinski definition) is 0. The first-order valence-electron chi connectivity index (χ1n) is 14.5. The van der Waals surface area contributed by atoms with Crippen molar-refractivity contribution in [2.45, 2.75) is 64.5 Å². The van der Waals surface area contributed by atoms with Crippen molar-refractivity contribution >= 4 is 0 Å². The average molecular weight is 613 g/mol. The quantitative estimate of drug-likeness (QED) is 0.180. The zero-order chi connectivity index (χ0) is 31.1. The molecule has 0 heterocycles. The van der Waals surface area contributed by atoms with Gasteiger partial charge in [0.1, 0.15) is 19.0 Å². The molecule has 1 aliphatic rings. The molecule has 43 heavy (non-hydrogen) atoms. The summed E-state index contributed by atoms with van der Waals surface area (Å²) in [6, 6.07) is 10.5. The standard InChI is InChI=1S/C33H35F7O3/c1-3-41-26-13-12-23(30(37)31(26)38)20-8-10-21(11-9-20)24(34)16-17-42-27-14-15-28(33(40)32(27)39)43-18-25(35)29(36)22-6-4-19(2)5-7-22/h8-15,19,22,24-25,29H,3-7,16-18H2,1-2H3. The van der Waals surface area contributed by atoms with E-state index in [1.54, 1.807) is 6.92 Å². The molecule has 3 aromatic rings. The molecule has 3 atom stereocenters. The average Bonchev–Trinajstić information content (AvgIpc) is 3.01. The van der Waals surface area contributed by atoms with Crippen LogP contribution in [0.5, 0.6) is 17.2 Å². The lowest BCUT2D eigenvalue weighted by atomic mass is 9.80. The summed E-state index contributed by atoms with van der Waals surface area (Å²) in [7, 11) is 0. The van der Waals surface area contributed by atoms with Crippen LogP contribution in [0.1, 0.15) is 57.7 Å². The van der Waals surface area contributed by atoms with E-state index in [2.05, 4.69) is 6.92 Å². The molecule has 4 rings (SSSR count). The Morgan fingerprint density at radius 1 is 0.698 bits per heavy atom. The van der Waals surface area contributed by atoms with Gasteiger partial charge in [0.05, 0.1) is 13.2 Å². The number of rotatable bonds is 13. The van der Waals surface area contributed by atoms with Gasteiger partial charge in [0.15, 0.2) is 29.2 Å². The van der Waals surface area contributed by atoms with Gasteiger partial charge in [-0.15, -0.1) is 0 Å².